The Kier molecular flexibility index (Phi) is 4.50. The highest BCUT2D eigenvalue weighted by Crippen LogP contribution is 2.26. The fourth-order valence-corrected chi connectivity index (χ4v) is 2.57. The summed E-state index contributed by atoms with van der Waals surface area (Å²) in [6, 6.07) is 0.522. The topological polar surface area (TPSA) is 107 Å². The van der Waals surface area contributed by atoms with Gasteiger partial charge in [0.15, 0.2) is 0 Å². The average molecular weight is 295 g/mol. The van der Waals surface area contributed by atoms with E-state index in [0.29, 0.717) is 6.07 Å². The van der Waals surface area contributed by atoms with Gasteiger partial charge < -0.3 is 5.73 Å². The molecule has 19 heavy (non-hydrogen) atoms. The molecule has 0 fully saturated rings. The van der Waals surface area contributed by atoms with Crippen molar-refractivity contribution >= 4 is 15.7 Å². The summed E-state index contributed by atoms with van der Waals surface area (Å²) in [5.41, 5.74) is 4.07. The normalized spacial score (nSPS) is 11.8. The van der Waals surface area contributed by atoms with E-state index in [2.05, 4.69) is 0 Å². The van der Waals surface area contributed by atoms with Gasteiger partial charge in [-0.25, -0.2) is 12.8 Å². The van der Waals surface area contributed by atoms with Crippen LogP contribution in [0.1, 0.15) is 0 Å². The Labute approximate surface area is 107 Å². The Morgan fingerprint density at radius 3 is 2.42 bits per heavy atom. The third kappa shape index (κ3) is 3.03. The number of nitrogens with zero attached hydrogens (tertiary/aromatic N) is 2. The van der Waals surface area contributed by atoms with E-state index >= 15 is 0 Å². The van der Waals surface area contributed by atoms with Crippen molar-refractivity contribution < 1.29 is 22.1 Å². The van der Waals surface area contributed by atoms with Gasteiger partial charge in [0.25, 0.3) is 0 Å². The standard InChI is InChI=1S/C9H11F2N3O4S/c1-13(3-2-12)19(17,18)9-5-8(14(15)16)6(10)4-7(9)11/h4-5H,2-3,12H2,1H3. The van der Waals surface area contributed by atoms with Crippen LogP contribution in [-0.4, -0.2) is 37.8 Å². The van der Waals surface area contributed by atoms with Gasteiger partial charge in [-0.2, -0.15) is 8.70 Å². The number of nitro groups is 1. The van der Waals surface area contributed by atoms with Crippen LogP contribution >= 0.6 is 0 Å². The molecule has 0 aliphatic rings. The van der Waals surface area contributed by atoms with Crippen LogP contribution in [0.25, 0.3) is 0 Å². The van der Waals surface area contributed by atoms with Crippen LogP contribution in [0.2, 0.25) is 0 Å². The van der Waals surface area contributed by atoms with Crippen LogP contribution in [0.15, 0.2) is 17.0 Å². The highest BCUT2D eigenvalue weighted by molar-refractivity contribution is 7.89. The molecule has 0 atom stereocenters. The minimum Gasteiger partial charge on any atom is -0.329 e. The molecule has 0 unspecified atom stereocenters. The zero-order valence-electron chi connectivity index (χ0n) is 9.84. The van der Waals surface area contributed by atoms with E-state index in [1.54, 1.807) is 0 Å². The van der Waals surface area contributed by atoms with Gasteiger partial charge in [-0.15, -0.1) is 0 Å². The van der Waals surface area contributed by atoms with Gasteiger partial charge in [0.05, 0.1) is 4.92 Å². The smallest absolute Gasteiger partial charge is 0.306 e. The molecule has 0 aliphatic heterocycles. The molecule has 0 amide bonds. The first-order valence-electron chi connectivity index (χ1n) is 5.01. The highest BCUT2D eigenvalue weighted by Gasteiger charge is 2.29. The van der Waals surface area contributed by atoms with Crippen LogP contribution in [-0.2, 0) is 10.0 Å². The quantitative estimate of drug-likeness (QED) is 0.627. The number of likely N-dealkylation sites (N-methyl/N-ethyl adjacent to an activating group) is 1. The van der Waals surface area contributed by atoms with Crippen LogP contribution in [0.5, 0.6) is 0 Å². The lowest BCUT2D eigenvalue weighted by Gasteiger charge is -2.16. The van der Waals surface area contributed by atoms with Gasteiger partial charge in [0.1, 0.15) is 10.7 Å². The molecular formula is C9H11F2N3O4S. The molecule has 0 heterocycles. The molecule has 1 rings (SSSR count). The maximum Gasteiger partial charge on any atom is 0.306 e. The van der Waals surface area contributed by atoms with Crippen molar-refractivity contribution in [2.24, 2.45) is 5.73 Å². The van der Waals surface area contributed by atoms with Crippen molar-refractivity contribution in [2.45, 2.75) is 4.90 Å². The molecule has 0 bridgehead atoms. The van der Waals surface area contributed by atoms with Gasteiger partial charge in [-0.3, -0.25) is 10.1 Å². The van der Waals surface area contributed by atoms with E-state index in [1.807, 2.05) is 0 Å². The molecule has 106 valence electrons. The Balaban J connectivity index is 3.43. The molecule has 7 nitrogen and oxygen atoms in total. The largest absolute Gasteiger partial charge is 0.329 e. The number of hydrogen-bond acceptors (Lipinski definition) is 5. The van der Waals surface area contributed by atoms with Crippen LogP contribution < -0.4 is 5.73 Å². The van der Waals surface area contributed by atoms with Crippen molar-refractivity contribution in [2.75, 3.05) is 20.1 Å². The molecule has 0 aliphatic carbocycles. The van der Waals surface area contributed by atoms with Gasteiger partial charge in [0.2, 0.25) is 15.8 Å². The van der Waals surface area contributed by atoms with Crippen molar-refractivity contribution in [1.82, 2.24) is 4.31 Å². The molecule has 0 aromatic heterocycles. The third-order valence-corrected chi connectivity index (χ3v) is 4.20. The van der Waals surface area contributed by atoms with Crippen molar-refractivity contribution in [3.05, 3.63) is 33.9 Å². The summed E-state index contributed by atoms with van der Waals surface area (Å²) >= 11 is 0. The van der Waals surface area contributed by atoms with Gasteiger partial charge >= 0.3 is 5.69 Å². The first-order chi connectivity index (χ1) is 8.71. The Bertz CT molecular complexity index is 606. The van der Waals surface area contributed by atoms with E-state index in [1.165, 1.54) is 0 Å². The number of benzene rings is 1. The van der Waals surface area contributed by atoms with E-state index in [-0.39, 0.29) is 19.2 Å². The number of sulfonamides is 1. The maximum absolute atomic E-state index is 13.5. The Hall–Kier alpha value is -1.65. The van der Waals surface area contributed by atoms with E-state index in [9.17, 15) is 27.3 Å². The van der Waals surface area contributed by atoms with E-state index in [4.69, 9.17) is 5.73 Å². The number of halogens is 2. The van der Waals surface area contributed by atoms with Gasteiger partial charge in [0, 0.05) is 32.3 Å². The Morgan fingerprint density at radius 1 is 1.37 bits per heavy atom. The molecule has 1 aromatic rings. The van der Waals surface area contributed by atoms with Crippen molar-refractivity contribution in [3.8, 4) is 0 Å². The van der Waals surface area contributed by atoms with E-state index < -0.39 is 37.2 Å². The summed E-state index contributed by atoms with van der Waals surface area (Å²) in [6.45, 7) is -0.117. The van der Waals surface area contributed by atoms with Crippen LogP contribution in [0, 0.1) is 21.7 Å². The highest BCUT2D eigenvalue weighted by atomic mass is 32.2. The fourth-order valence-electron chi connectivity index (χ4n) is 1.33. The summed E-state index contributed by atoms with van der Waals surface area (Å²) < 4.78 is 51.2. The minimum atomic E-state index is -4.30. The average Bonchev–Trinajstić information content (AvgIpc) is 2.28. The zero-order chi connectivity index (χ0) is 14.8. The molecule has 1 aromatic carbocycles. The third-order valence-electron chi connectivity index (χ3n) is 2.33. The summed E-state index contributed by atoms with van der Waals surface area (Å²) in [5, 5.41) is 10.5. The van der Waals surface area contributed by atoms with Gasteiger partial charge in [-0.1, -0.05) is 0 Å². The SMILES string of the molecule is CN(CCN)S(=O)(=O)c1cc([N+](=O)[O-])c(F)cc1F. The molecule has 0 saturated heterocycles. The zero-order valence-corrected chi connectivity index (χ0v) is 10.7. The maximum atomic E-state index is 13.5. The second kappa shape index (κ2) is 5.55. The number of nitrogens with two attached hydrogens (primary N) is 1. The lowest BCUT2D eigenvalue weighted by molar-refractivity contribution is -0.387. The van der Waals surface area contributed by atoms with Crippen LogP contribution in [0.3, 0.4) is 0 Å². The second-order valence-corrected chi connectivity index (χ2v) is 5.62. The first kappa shape index (κ1) is 15.4. The minimum absolute atomic E-state index is 0.0133. The summed E-state index contributed by atoms with van der Waals surface area (Å²) in [4.78, 5) is 8.43. The molecule has 10 heteroatoms. The summed E-state index contributed by atoms with van der Waals surface area (Å²) in [5.74, 6) is -2.84. The number of nitro benzene ring substituents is 1. The predicted molar refractivity (Wildman–Crippen MR) is 61.9 cm³/mol. The lowest BCUT2D eigenvalue weighted by atomic mass is 10.3. The molecule has 0 radical (unpaired) electrons. The first-order valence-corrected chi connectivity index (χ1v) is 6.45. The molecule has 2 N–H and O–H groups in total. The Morgan fingerprint density at radius 2 is 1.95 bits per heavy atom. The van der Waals surface area contributed by atoms with Gasteiger partial charge in [-0.05, 0) is 0 Å². The predicted octanol–water partition coefficient (Wildman–Crippen LogP) is 0.452. The molecular weight excluding hydrogens is 284 g/mol. The number of hydrogen-bond donors (Lipinski definition) is 1. The molecule has 0 spiro atoms. The van der Waals surface area contributed by atoms with Crippen LogP contribution in [0.4, 0.5) is 14.5 Å². The second-order valence-electron chi connectivity index (χ2n) is 3.61. The lowest BCUT2D eigenvalue weighted by Crippen LogP contribution is -2.32. The van der Waals surface area contributed by atoms with Crippen molar-refractivity contribution in [3.63, 3.8) is 0 Å². The number of rotatable bonds is 5. The van der Waals surface area contributed by atoms with Crippen molar-refractivity contribution in [1.29, 1.82) is 0 Å². The molecule has 0 saturated carbocycles. The monoisotopic (exact) mass is 295 g/mol. The van der Waals surface area contributed by atoms with E-state index in [0.717, 1.165) is 11.4 Å². The fraction of sp³-hybridized carbons (Fsp3) is 0.333. The summed E-state index contributed by atoms with van der Waals surface area (Å²) in [6.07, 6.45) is 0. The summed E-state index contributed by atoms with van der Waals surface area (Å²) in [7, 11) is -3.16.